The first kappa shape index (κ1) is 26.5. The van der Waals surface area contributed by atoms with Crippen LogP contribution in [0.2, 0.25) is 0 Å². The van der Waals surface area contributed by atoms with Crippen molar-refractivity contribution in [2.45, 2.75) is 51.4 Å². The van der Waals surface area contributed by atoms with E-state index in [0.29, 0.717) is 64.5 Å². The zero-order chi connectivity index (χ0) is 21.0. The van der Waals surface area contributed by atoms with Gasteiger partial charge in [-0.05, 0) is 25.7 Å². The van der Waals surface area contributed by atoms with Crippen molar-refractivity contribution in [3.63, 3.8) is 0 Å². The maximum atomic E-state index is 11.6. The molecule has 0 saturated heterocycles. The van der Waals surface area contributed by atoms with Crippen LogP contribution in [0.4, 0.5) is 0 Å². The molecule has 0 heterocycles. The van der Waals surface area contributed by atoms with E-state index in [1.54, 1.807) is 21.6 Å². The normalized spacial score (nSPS) is 10.2. The molecule has 0 unspecified atom stereocenters. The smallest absolute Gasteiger partial charge is 0.233 e. The highest BCUT2D eigenvalue weighted by atomic mass is 33.1. The molecule has 0 aromatic rings. The number of hydrogen-bond donors (Lipinski definition) is 6. The van der Waals surface area contributed by atoms with E-state index in [1.165, 1.54) is 0 Å². The van der Waals surface area contributed by atoms with Gasteiger partial charge in [0.05, 0.1) is 0 Å². The largest absolute Gasteiger partial charge is 0.355 e. The maximum absolute atomic E-state index is 11.6. The Morgan fingerprint density at radius 1 is 0.571 bits per heavy atom. The molecular formula is C16H32N6O4S2. The number of nitrogens with two attached hydrogens (primary N) is 2. The minimum absolute atomic E-state index is 0.0186. The molecule has 8 N–H and O–H groups in total. The zero-order valence-corrected chi connectivity index (χ0v) is 17.7. The van der Waals surface area contributed by atoms with Gasteiger partial charge in [0.1, 0.15) is 0 Å². The molecular weight excluding hydrogens is 404 g/mol. The Morgan fingerprint density at radius 3 is 1.21 bits per heavy atom. The molecule has 0 fully saturated rings. The van der Waals surface area contributed by atoms with Crippen LogP contribution in [-0.2, 0) is 19.2 Å². The van der Waals surface area contributed by atoms with Gasteiger partial charge in [0.25, 0.3) is 0 Å². The van der Waals surface area contributed by atoms with Gasteiger partial charge < -0.3 is 10.6 Å². The molecule has 0 radical (unpaired) electrons. The number of carbonyl (C=O) groups is 4. The molecule has 162 valence electrons. The van der Waals surface area contributed by atoms with Gasteiger partial charge in [-0.2, -0.15) is 0 Å². The summed E-state index contributed by atoms with van der Waals surface area (Å²) >= 11 is 0. The highest BCUT2D eigenvalue weighted by Crippen LogP contribution is 2.19. The van der Waals surface area contributed by atoms with E-state index in [4.69, 9.17) is 11.7 Å². The van der Waals surface area contributed by atoms with Gasteiger partial charge in [0.2, 0.25) is 23.6 Å². The van der Waals surface area contributed by atoms with E-state index in [9.17, 15) is 19.2 Å². The van der Waals surface area contributed by atoms with Crippen LogP contribution in [0, 0.1) is 0 Å². The first-order chi connectivity index (χ1) is 13.5. The molecule has 0 aromatic carbocycles. The summed E-state index contributed by atoms with van der Waals surface area (Å²) in [5, 5.41) is 5.66. The van der Waals surface area contributed by atoms with Crippen molar-refractivity contribution in [1.29, 1.82) is 0 Å². The van der Waals surface area contributed by atoms with Crippen molar-refractivity contribution in [2.24, 2.45) is 11.7 Å². The summed E-state index contributed by atoms with van der Waals surface area (Å²) in [4.78, 5) is 45.0. The van der Waals surface area contributed by atoms with E-state index >= 15 is 0 Å². The lowest BCUT2D eigenvalue weighted by Crippen LogP contribution is -2.29. The average molecular weight is 437 g/mol. The van der Waals surface area contributed by atoms with Crippen molar-refractivity contribution < 1.29 is 19.2 Å². The van der Waals surface area contributed by atoms with Gasteiger partial charge in [0.15, 0.2) is 0 Å². The number of amides is 4. The Hall–Kier alpha value is -1.50. The Morgan fingerprint density at radius 2 is 0.893 bits per heavy atom. The summed E-state index contributed by atoms with van der Waals surface area (Å²) in [5.41, 5.74) is 4.11. The predicted molar refractivity (Wildman–Crippen MR) is 113 cm³/mol. The van der Waals surface area contributed by atoms with E-state index in [0.717, 1.165) is 11.5 Å². The molecule has 0 spiro atoms. The van der Waals surface area contributed by atoms with Crippen molar-refractivity contribution in [3.05, 3.63) is 0 Å². The Bertz CT molecular complexity index is 440. The second-order valence-electron chi connectivity index (χ2n) is 5.89. The molecule has 0 aliphatic heterocycles. The topological polar surface area (TPSA) is 168 Å². The van der Waals surface area contributed by atoms with Crippen LogP contribution in [0.3, 0.4) is 0 Å². The molecule has 0 aromatic heterocycles. The van der Waals surface area contributed by atoms with E-state index in [-0.39, 0.29) is 23.6 Å². The Kier molecular flexibility index (Phi) is 17.8. The third-order valence-corrected chi connectivity index (χ3v) is 5.94. The molecule has 0 rings (SSSR count). The third-order valence-electron chi connectivity index (χ3n) is 3.54. The first-order valence-electron chi connectivity index (χ1n) is 9.26. The van der Waals surface area contributed by atoms with Crippen LogP contribution in [0.25, 0.3) is 0 Å². The lowest BCUT2D eigenvalue weighted by Gasteiger charge is -2.06. The second-order valence-corrected chi connectivity index (χ2v) is 8.60. The van der Waals surface area contributed by atoms with Crippen molar-refractivity contribution in [3.8, 4) is 0 Å². The molecule has 12 heteroatoms. The fourth-order valence-electron chi connectivity index (χ4n) is 2.05. The zero-order valence-electron chi connectivity index (χ0n) is 16.1. The number of hydrogen-bond acceptors (Lipinski definition) is 8. The van der Waals surface area contributed by atoms with Crippen LogP contribution >= 0.6 is 21.6 Å². The predicted octanol–water partition coefficient (Wildman–Crippen LogP) is -0.299. The number of rotatable bonds is 17. The van der Waals surface area contributed by atoms with Crippen LogP contribution in [0.15, 0.2) is 0 Å². The van der Waals surface area contributed by atoms with Gasteiger partial charge in [0, 0.05) is 50.3 Å². The first-order valence-corrected chi connectivity index (χ1v) is 11.7. The molecule has 28 heavy (non-hydrogen) atoms. The fraction of sp³-hybridized carbons (Fsp3) is 0.750. The van der Waals surface area contributed by atoms with E-state index in [2.05, 4.69) is 21.5 Å². The van der Waals surface area contributed by atoms with Crippen molar-refractivity contribution in [1.82, 2.24) is 21.5 Å². The number of carbonyl (C=O) groups excluding carboxylic acids is 4. The second kappa shape index (κ2) is 18.8. The summed E-state index contributed by atoms with van der Waals surface area (Å²) in [6, 6.07) is 0. The van der Waals surface area contributed by atoms with Gasteiger partial charge in [-0.25, -0.2) is 11.7 Å². The number of unbranched alkanes of at least 4 members (excludes halogenated alkanes) is 2. The monoisotopic (exact) mass is 436 g/mol. The summed E-state index contributed by atoms with van der Waals surface area (Å²) in [6.07, 6.45) is 4.04. The van der Waals surface area contributed by atoms with E-state index < -0.39 is 0 Å². The summed E-state index contributed by atoms with van der Waals surface area (Å²) < 4.78 is 0. The van der Waals surface area contributed by atoms with Crippen LogP contribution in [-0.4, -0.2) is 48.2 Å². The standard InChI is InChI=1S/C16H32N6O4S2/c17-21-15(25)7-3-1-5-13(23)19-9-11-27-28-12-10-20-14(24)6-2-4-8-16(26)22-18/h1-12,17-18H2,(H,19,23)(H,20,24)(H,21,25)(H,22,26). The SMILES string of the molecule is NNC(=O)CCCCC(=O)NCCSSCCNC(=O)CCCCC(=O)NN. The van der Waals surface area contributed by atoms with Gasteiger partial charge in [-0.1, -0.05) is 21.6 Å². The number of hydrazine groups is 2. The highest BCUT2D eigenvalue weighted by Gasteiger charge is 2.04. The lowest BCUT2D eigenvalue weighted by molar-refractivity contribution is -0.123. The molecule has 0 aliphatic carbocycles. The number of nitrogens with one attached hydrogen (secondary N) is 4. The van der Waals surface area contributed by atoms with Crippen LogP contribution < -0.4 is 33.2 Å². The highest BCUT2D eigenvalue weighted by molar-refractivity contribution is 8.76. The maximum Gasteiger partial charge on any atom is 0.233 e. The van der Waals surface area contributed by atoms with Crippen LogP contribution in [0.1, 0.15) is 51.4 Å². The molecule has 10 nitrogen and oxygen atoms in total. The molecule has 4 amide bonds. The third kappa shape index (κ3) is 17.9. The Balaban J connectivity index is 3.36. The summed E-state index contributed by atoms with van der Waals surface area (Å²) in [5.74, 6) is 11.0. The lowest BCUT2D eigenvalue weighted by atomic mass is 10.2. The molecule has 0 atom stereocenters. The quantitative estimate of drug-likeness (QED) is 0.0594. The Labute approximate surface area is 173 Å². The van der Waals surface area contributed by atoms with Crippen molar-refractivity contribution >= 4 is 45.2 Å². The fourth-order valence-corrected chi connectivity index (χ4v) is 3.86. The average Bonchev–Trinajstić information content (AvgIpc) is 2.69. The minimum atomic E-state index is -0.221. The molecule has 0 bridgehead atoms. The van der Waals surface area contributed by atoms with E-state index in [1.807, 2.05) is 0 Å². The van der Waals surface area contributed by atoms with Gasteiger partial charge in [-0.15, -0.1) is 0 Å². The summed E-state index contributed by atoms with van der Waals surface area (Å²) in [7, 11) is 3.27. The van der Waals surface area contributed by atoms with Gasteiger partial charge in [-0.3, -0.25) is 30.0 Å². The van der Waals surface area contributed by atoms with Crippen molar-refractivity contribution in [2.75, 3.05) is 24.6 Å². The summed E-state index contributed by atoms with van der Waals surface area (Å²) in [6.45, 7) is 1.17. The minimum Gasteiger partial charge on any atom is -0.355 e. The molecule has 0 saturated carbocycles. The van der Waals surface area contributed by atoms with Crippen LogP contribution in [0.5, 0.6) is 0 Å². The van der Waals surface area contributed by atoms with Gasteiger partial charge >= 0.3 is 0 Å². The molecule has 0 aliphatic rings.